The number of fused-ring (bicyclic) bond motifs is 1. The van der Waals surface area contributed by atoms with Crippen molar-refractivity contribution < 1.29 is 9.32 Å². The van der Waals surface area contributed by atoms with Gasteiger partial charge in [-0.3, -0.25) is 9.69 Å². The number of piperidine rings is 1. The number of aryl methyl sites for hydroxylation is 1. The van der Waals surface area contributed by atoms with Crippen molar-refractivity contribution in [1.29, 1.82) is 0 Å². The highest BCUT2D eigenvalue weighted by molar-refractivity contribution is 5.97. The average molecular weight is 326 g/mol. The van der Waals surface area contributed by atoms with E-state index in [1.165, 1.54) is 5.56 Å². The van der Waals surface area contributed by atoms with Gasteiger partial charge in [-0.25, -0.2) is 0 Å². The topological polar surface area (TPSA) is 62.5 Å². The van der Waals surface area contributed by atoms with Crippen LogP contribution in [0.3, 0.4) is 0 Å². The molecule has 1 fully saturated rings. The largest absolute Gasteiger partial charge is 0.340 e. The molecule has 1 aromatic heterocycles. The highest BCUT2D eigenvalue weighted by Crippen LogP contribution is 2.31. The minimum atomic E-state index is 0.124. The summed E-state index contributed by atoms with van der Waals surface area (Å²) in [4.78, 5) is 21.4. The number of carbonyl (C=O) groups is 1. The maximum atomic E-state index is 12.9. The molecule has 0 unspecified atom stereocenters. The van der Waals surface area contributed by atoms with Gasteiger partial charge >= 0.3 is 0 Å². The molecule has 1 saturated heterocycles. The highest BCUT2D eigenvalue weighted by Gasteiger charge is 2.32. The Morgan fingerprint density at radius 3 is 2.79 bits per heavy atom. The van der Waals surface area contributed by atoms with Gasteiger partial charge in [0.25, 0.3) is 0 Å². The Morgan fingerprint density at radius 1 is 1.25 bits per heavy atom. The van der Waals surface area contributed by atoms with Crippen LogP contribution in [-0.4, -0.2) is 40.6 Å². The van der Waals surface area contributed by atoms with Gasteiger partial charge in [0, 0.05) is 25.1 Å². The van der Waals surface area contributed by atoms with E-state index in [0.717, 1.165) is 50.4 Å². The standard InChI is InChI=1S/C18H22N4O2/c1-13-19-17(20-24-13)12-21-9-6-15(7-10-21)18(23)22-11-8-14-4-2-3-5-16(14)22/h2-5,15H,6-12H2,1H3. The molecule has 6 nitrogen and oxygen atoms in total. The zero-order chi connectivity index (χ0) is 16.5. The molecule has 24 heavy (non-hydrogen) atoms. The summed E-state index contributed by atoms with van der Waals surface area (Å²) in [5.74, 6) is 1.74. The number of carbonyl (C=O) groups excluding carboxylic acids is 1. The number of hydrogen-bond acceptors (Lipinski definition) is 5. The van der Waals surface area contributed by atoms with Gasteiger partial charge in [0.05, 0.1) is 6.54 Å². The maximum Gasteiger partial charge on any atom is 0.230 e. The lowest BCUT2D eigenvalue weighted by atomic mass is 9.95. The molecule has 3 heterocycles. The smallest absolute Gasteiger partial charge is 0.230 e. The number of likely N-dealkylation sites (tertiary alicyclic amines) is 1. The number of anilines is 1. The van der Waals surface area contributed by atoms with Crippen LogP contribution in [0.2, 0.25) is 0 Å². The van der Waals surface area contributed by atoms with Gasteiger partial charge in [-0.1, -0.05) is 23.4 Å². The SMILES string of the molecule is Cc1nc(CN2CCC(C(=O)N3CCc4ccccc43)CC2)no1. The van der Waals surface area contributed by atoms with Crippen LogP contribution in [0, 0.1) is 12.8 Å². The number of rotatable bonds is 3. The third kappa shape index (κ3) is 2.94. The number of amides is 1. The first-order valence-corrected chi connectivity index (χ1v) is 8.61. The first kappa shape index (κ1) is 15.3. The molecule has 2 aromatic rings. The summed E-state index contributed by atoms with van der Waals surface area (Å²) in [6, 6.07) is 8.25. The Balaban J connectivity index is 1.35. The Labute approximate surface area is 141 Å². The minimum Gasteiger partial charge on any atom is -0.340 e. The number of hydrogen-bond donors (Lipinski definition) is 0. The van der Waals surface area contributed by atoms with Crippen molar-refractivity contribution in [1.82, 2.24) is 15.0 Å². The molecule has 0 atom stereocenters. The van der Waals surface area contributed by atoms with Crippen LogP contribution in [0.1, 0.15) is 30.1 Å². The van der Waals surface area contributed by atoms with E-state index >= 15 is 0 Å². The van der Waals surface area contributed by atoms with Gasteiger partial charge in [0.2, 0.25) is 11.8 Å². The third-order valence-corrected chi connectivity index (χ3v) is 5.02. The molecule has 2 aliphatic rings. The monoisotopic (exact) mass is 326 g/mol. The van der Waals surface area contributed by atoms with Crippen molar-refractivity contribution in [2.75, 3.05) is 24.5 Å². The average Bonchev–Trinajstić information content (AvgIpc) is 3.21. The van der Waals surface area contributed by atoms with E-state index in [9.17, 15) is 4.79 Å². The van der Waals surface area contributed by atoms with Crippen LogP contribution < -0.4 is 4.90 Å². The Morgan fingerprint density at radius 2 is 2.04 bits per heavy atom. The zero-order valence-corrected chi connectivity index (χ0v) is 13.9. The predicted molar refractivity (Wildman–Crippen MR) is 89.5 cm³/mol. The number of nitrogens with zero attached hydrogens (tertiary/aromatic N) is 4. The van der Waals surface area contributed by atoms with Crippen LogP contribution >= 0.6 is 0 Å². The fourth-order valence-corrected chi connectivity index (χ4v) is 3.73. The second-order valence-electron chi connectivity index (χ2n) is 6.65. The summed E-state index contributed by atoms with van der Waals surface area (Å²) < 4.78 is 5.02. The normalized spacial score (nSPS) is 18.8. The Bertz CT molecular complexity index is 734. The van der Waals surface area contributed by atoms with Gasteiger partial charge < -0.3 is 9.42 Å². The van der Waals surface area contributed by atoms with E-state index in [1.807, 2.05) is 17.0 Å². The predicted octanol–water partition coefficient (Wildman–Crippen LogP) is 2.18. The fraction of sp³-hybridized carbons (Fsp3) is 0.500. The summed E-state index contributed by atoms with van der Waals surface area (Å²) in [6.45, 7) is 5.12. The van der Waals surface area contributed by atoms with Crippen LogP contribution in [0.25, 0.3) is 0 Å². The van der Waals surface area contributed by atoms with Gasteiger partial charge in [0.15, 0.2) is 5.82 Å². The molecule has 4 rings (SSSR count). The molecular formula is C18H22N4O2. The summed E-state index contributed by atoms with van der Waals surface area (Å²) in [5.41, 5.74) is 2.39. The second-order valence-corrected chi connectivity index (χ2v) is 6.65. The van der Waals surface area contributed by atoms with Gasteiger partial charge in [-0.2, -0.15) is 4.98 Å². The van der Waals surface area contributed by atoms with E-state index in [1.54, 1.807) is 6.92 Å². The van der Waals surface area contributed by atoms with E-state index in [0.29, 0.717) is 12.4 Å². The van der Waals surface area contributed by atoms with Gasteiger partial charge in [-0.15, -0.1) is 0 Å². The lowest BCUT2D eigenvalue weighted by molar-refractivity contribution is -0.123. The Hall–Kier alpha value is -2.21. The molecule has 6 heteroatoms. The number of aromatic nitrogens is 2. The van der Waals surface area contributed by atoms with Crippen LogP contribution in [0.15, 0.2) is 28.8 Å². The zero-order valence-electron chi connectivity index (χ0n) is 13.9. The highest BCUT2D eigenvalue weighted by atomic mass is 16.5. The number of benzene rings is 1. The van der Waals surface area contributed by atoms with Crippen LogP contribution in [0.4, 0.5) is 5.69 Å². The molecule has 0 saturated carbocycles. The van der Waals surface area contributed by atoms with Crippen molar-refractivity contribution in [2.24, 2.45) is 5.92 Å². The summed E-state index contributed by atoms with van der Waals surface area (Å²) in [6.07, 6.45) is 2.76. The van der Waals surface area contributed by atoms with Crippen LogP contribution in [-0.2, 0) is 17.8 Å². The van der Waals surface area contributed by atoms with Crippen LogP contribution in [0.5, 0.6) is 0 Å². The minimum absolute atomic E-state index is 0.124. The summed E-state index contributed by atoms with van der Waals surface area (Å²) >= 11 is 0. The molecule has 1 amide bonds. The maximum absolute atomic E-state index is 12.9. The summed E-state index contributed by atoms with van der Waals surface area (Å²) in [5, 5.41) is 3.95. The van der Waals surface area contributed by atoms with Crippen molar-refractivity contribution >= 4 is 11.6 Å². The molecular weight excluding hydrogens is 304 g/mol. The van der Waals surface area contributed by atoms with Crippen molar-refractivity contribution in [2.45, 2.75) is 32.7 Å². The van der Waals surface area contributed by atoms with E-state index in [4.69, 9.17) is 4.52 Å². The molecule has 0 spiro atoms. The quantitative estimate of drug-likeness (QED) is 0.865. The first-order valence-electron chi connectivity index (χ1n) is 8.61. The fourth-order valence-electron chi connectivity index (χ4n) is 3.73. The van der Waals surface area contributed by atoms with E-state index in [-0.39, 0.29) is 11.8 Å². The third-order valence-electron chi connectivity index (χ3n) is 5.02. The molecule has 1 aromatic carbocycles. The van der Waals surface area contributed by atoms with E-state index in [2.05, 4.69) is 27.2 Å². The lowest BCUT2D eigenvalue weighted by Crippen LogP contribution is -2.42. The second kappa shape index (κ2) is 6.36. The lowest BCUT2D eigenvalue weighted by Gasteiger charge is -2.32. The van der Waals surface area contributed by atoms with Gasteiger partial charge in [-0.05, 0) is 44.0 Å². The molecule has 0 bridgehead atoms. The molecule has 0 radical (unpaired) electrons. The molecule has 0 N–H and O–H groups in total. The molecule has 2 aliphatic heterocycles. The summed E-state index contributed by atoms with van der Waals surface area (Å²) in [7, 11) is 0. The number of para-hydroxylation sites is 1. The van der Waals surface area contributed by atoms with Gasteiger partial charge in [0.1, 0.15) is 0 Å². The van der Waals surface area contributed by atoms with Crippen molar-refractivity contribution in [3.05, 3.63) is 41.5 Å². The van der Waals surface area contributed by atoms with Crippen molar-refractivity contribution in [3.63, 3.8) is 0 Å². The molecule has 126 valence electrons. The Kier molecular flexibility index (Phi) is 4.06. The van der Waals surface area contributed by atoms with Crippen molar-refractivity contribution in [3.8, 4) is 0 Å². The van der Waals surface area contributed by atoms with E-state index < -0.39 is 0 Å². The first-order chi connectivity index (χ1) is 11.7. The molecule has 0 aliphatic carbocycles.